The Morgan fingerprint density at radius 2 is 2.25 bits per heavy atom. The molecule has 0 saturated carbocycles. The van der Waals surface area contributed by atoms with Crippen molar-refractivity contribution in [2.75, 3.05) is 20.1 Å². The molecule has 1 fully saturated rings. The number of nitrogens with zero attached hydrogens (tertiary/aromatic N) is 3. The van der Waals surface area contributed by atoms with E-state index in [1.165, 1.54) is 19.4 Å². The van der Waals surface area contributed by atoms with Crippen LogP contribution in [-0.4, -0.2) is 34.6 Å². The third-order valence-electron chi connectivity index (χ3n) is 4.08. The predicted molar refractivity (Wildman–Crippen MR) is 84.5 cm³/mol. The SMILES string of the molecule is CN1CCCC(Cn2c(CCl)nc3cccc(Cl)c32)C1. The quantitative estimate of drug-likeness (QED) is 0.805. The molecule has 0 bridgehead atoms. The largest absolute Gasteiger partial charge is 0.325 e. The first-order valence-corrected chi connectivity index (χ1v) is 7.98. The number of rotatable bonds is 3. The van der Waals surface area contributed by atoms with Crippen LogP contribution in [0, 0.1) is 5.92 Å². The summed E-state index contributed by atoms with van der Waals surface area (Å²) < 4.78 is 2.22. The van der Waals surface area contributed by atoms with Crippen LogP contribution in [0.5, 0.6) is 0 Å². The molecule has 1 aromatic carbocycles. The Morgan fingerprint density at radius 3 is 3.00 bits per heavy atom. The monoisotopic (exact) mass is 311 g/mol. The van der Waals surface area contributed by atoms with Gasteiger partial charge in [-0.1, -0.05) is 17.7 Å². The van der Waals surface area contributed by atoms with Crippen LogP contribution in [0.15, 0.2) is 18.2 Å². The second-order valence-electron chi connectivity index (χ2n) is 5.65. The molecule has 1 aliphatic rings. The van der Waals surface area contributed by atoms with Crippen LogP contribution < -0.4 is 0 Å². The molecule has 3 rings (SSSR count). The van der Waals surface area contributed by atoms with Gasteiger partial charge in [0.15, 0.2) is 0 Å². The second kappa shape index (κ2) is 5.92. The molecule has 0 aliphatic carbocycles. The third-order valence-corrected chi connectivity index (χ3v) is 4.62. The van der Waals surface area contributed by atoms with E-state index in [9.17, 15) is 0 Å². The van der Waals surface area contributed by atoms with Gasteiger partial charge in [-0.25, -0.2) is 4.98 Å². The maximum absolute atomic E-state index is 6.36. The van der Waals surface area contributed by atoms with E-state index in [1.807, 2.05) is 18.2 Å². The molecular formula is C15H19Cl2N3. The van der Waals surface area contributed by atoms with Crippen molar-refractivity contribution >= 4 is 34.2 Å². The zero-order valence-electron chi connectivity index (χ0n) is 11.6. The first-order valence-electron chi connectivity index (χ1n) is 7.07. The van der Waals surface area contributed by atoms with Crippen molar-refractivity contribution in [2.45, 2.75) is 25.3 Å². The lowest BCUT2D eigenvalue weighted by atomic mass is 9.98. The van der Waals surface area contributed by atoms with Gasteiger partial charge in [0.1, 0.15) is 5.82 Å². The Balaban J connectivity index is 1.97. The Labute approximate surface area is 129 Å². The van der Waals surface area contributed by atoms with E-state index in [-0.39, 0.29) is 0 Å². The topological polar surface area (TPSA) is 21.1 Å². The van der Waals surface area contributed by atoms with Crippen LogP contribution in [0.3, 0.4) is 0 Å². The minimum atomic E-state index is 0.424. The molecule has 0 amide bonds. The van der Waals surface area contributed by atoms with Crippen molar-refractivity contribution in [1.82, 2.24) is 14.5 Å². The lowest BCUT2D eigenvalue weighted by Gasteiger charge is -2.30. The normalized spacial score (nSPS) is 20.6. The van der Waals surface area contributed by atoms with Crippen LogP contribution in [0.4, 0.5) is 0 Å². The number of fused-ring (bicyclic) bond motifs is 1. The summed E-state index contributed by atoms with van der Waals surface area (Å²) in [7, 11) is 2.19. The Hall–Kier alpha value is -0.770. The van der Waals surface area contributed by atoms with Crippen molar-refractivity contribution < 1.29 is 0 Å². The molecule has 3 nitrogen and oxygen atoms in total. The highest BCUT2D eigenvalue weighted by molar-refractivity contribution is 6.35. The predicted octanol–water partition coefficient (Wildman–Crippen LogP) is 3.77. The van der Waals surface area contributed by atoms with Gasteiger partial charge >= 0.3 is 0 Å². The average molecular weight is 312 g/mol. The van der Waals surface area contributed by atoms with Crippen LogP contribution in [0.2, 0.25) is 5.02 Å². The van der Waals surface area contributed by atoms with Gasteiger partial charge in [0.05, 0.1) is 21.9 Å². The summed E-state index contributed by atoms with van der Waals surface area (Å²) in [6, 6.07) is 5.86. The summed E-state index contributed by atoms with van der Waals surface area (Å²) in [5, 5.41) is 0.760. The van der Waals surface area contributed by atoms with Crippen LogP contribution in [-0.2, 0) is 12.4 Å². The van der Waals surface area contributed by atoms with Gasteiger partial charge in [0.25, 0.3) is 0 Å². The molecule has 1 aliphatic heterocycles. The fourth-order valence-electron chi connectivity index (χ4n) is 3.17. The van der Waals surface area contributed by atoms with Crippen LogP contribution in [0.25, 0.3) is 11.0 Å². The molecule has 108 valence electrons. The van der Waals surface area contributed by atoms with E-state index < -0.39 is 0 Å². The van der Waals surface area contributed by atoms with Crippen molar-refractivity contribution in [1.29, 1.82) is 0 Å². The molecule has 1 atom stereocenters. The fourth-order valence-corrected chi connectivity index (χ4v) is 3.64. The maximum Gasteiger partial charge on any atom is 0.124 e. The van der Waals surface area contributed by atoms with Gasteiger partial charge in [0.2, 0.25) is 0 Å². The molecule has 1 saturated heterocycles. The summed E-state index contributed by atoms with van der Waals surface area (Å²) in [4.78, 5) is 7.01. The lowest BCUT2D eigenvalue weighted by molar-refractivity contribution is 0.195. The number of para-hydroxylation sites is 1. The summed E-state index contributed by atoms with van der Waals surface area (Å²) in [6.07, 6.45) is 2.52. The highest BCUT2D eigenvalue weighted by Crippen LogP contribution is 2.28. The fraction of sp³-hybridized carbons (Fsp3) is 0.533. The Kier molecular flexibility index (Phi) is 4.20. The number of piperidine rings is 1. The van der Waals surface area contributed by atoms with Gasteiger partial charge < -0.3 is 9.47 Å². The molecule has 2 heterocycles. The van der Waals surface area contributed by atoms with E-state index in [0.29, 0.717) is 11.8 Å². The molecule has 0 spiro atoms. The number of halogens is 2. The summed E-state index contributed by atoms with van der Waals surface area (Å²) in [5.74, 6) is 1.99. The molecule has 0 N–H and O–H groups in total. The summed E-state index contributed by atoms with van der Waals surface area (Å²) in [6.45, 7) is 3.28. The molecule has 5 heteroatoms. The first-order chi connectivity index (χ1) is 9.69. The smallest absolute Gasteiger partial charge is 0.124 e. The second-order valence-corrected chi connectivity index (χ2v) is 6.32. The van der Waals surface area contributed by atoms with Crippen molar-refractivity contribution in [2.24, 2.45) is 5.92 Å². The average Bonchev–Trinajstić information content (AvgIpc) is 2.78. The number of aromatic nitrogens is 2. The third kappa shape index (κ3) is 2.67. The van der Waals surface area contributed by atoms with E-state index in [2.05, 4.69) is 21.5 Å². The van der Waals surface area contributed by atoms with Crippen molar-refractivity contribution in [3.8, 4) is 0 Å². The molecule has 2 aromatic rings. The number of hydrogen-bond acceptors (Lipinski definition) is 2. The summed E-state index contributed by atoms with van der Waals surface area (Å²) in [5.41, 5.74) is 1.97. The van der Waals surface area contributed by atoms with Gasteiger partial charge in [-0.15, -0.1) is 11.6 Å². The Bertz CT molecular complexity index is 608. The summed E-state index contributed by atoms with van der Waals surface area (Å²) >= 11 is 12.4. The zero-order chi connectivity index (χ0) is 14.1. The minimum Gasteiger partial charge on any atom is -0.325 e. The van der Waals surface area contributed by atoms with Crippen molar-refractivity contribution in [3.05, 3.63) is 29.0 Å². The van der Waals surface area contributed by atoms with E-state index >= 15 is 0 Å². The highest BCUT2D eigenvalue weighted by Gasteiger charge is 2.21. The van der Waals surface area contributed by atoms with E-state index in [0.717, 1.165) is 35.0 Å². The number of alkyl halides is 1. The lowest BCUT2D eigenvalue weighted by Crippen LogP contribution is -2.34. The standard InChI is InChI=1S/C15H19Cl2N3/c1-19-7-3-4-11(9-19)10-20-14(8-16)18-13-6-2-5-12(17)15(13)20/h2,5-6,11H,3-4,7-10H2,1H3. The van der Waals surface area contributed by atoms with Crippen LogP contribution >= 0.6 is 23.2 Å². The van der Waals surface area contributed by atoms with Gasteiger partial charge in [-0.3, -0.25) is 0 Å². The number of benzene rings is 1. The van der Waals surface area contributed by atoms with Gasteiger partial charge in [-0.05, 0) is 44.5 Å². The van der Waals surface area contributed by atoms with Crippen molar-refractivity contribution in [3.63, 3.8) is 0 Å². The first kappa shape index (κ1) is 14.2. The van der Waals surface area contributed by atoms with Crippen LogP contribution in [0.1, 0.15) is 18.7 Å². The zero-order valence-corrected chi connectivity index (χ0v) is 13.2. The number of hydrogen-bond donors (Lipinski definition) is 0. The number of likely N-dealkylation sites (tertiary alicyclic amines) is 1. The molecule has 20 heavy (non-hydrogen) atoms. The van der Waals surface area contributed by atoms with Gasteiger partial charge in [-0.2, -0.15) is 0 Å². The molecular weight excluding hydrogens is 293 g/mol. The number of imidazole rings is 1. The molecule has 1 unspecified atom stereocenters. The highest BCUT2D eigenvalue weighted by atomic mass is 35.5. The van der Waals surface area contributed by atoms with Gasteiger partial charge in [0, 0.05) is 13.1 Å². The van der Waals surface area contributed by atoms with E-state index in [1.54, 1.807) is 0 Å². The van der Waals surface area contributed by atoms with E-state index in [4.69, 9.17) is 23.2 Å². The minimum absolute atomic E-state index is 0.424. The molecule has 0 radical (unpaired) electrons. The maximum atomic E-state index is 6.36. The molecule has 1 aromatic heterocycles. The Morgan fingerprint density at radius 1 is 1.40 bits per heavy atom.